The third kappa shape index (κ3) is 3.63. The molecule has 1 aromatic carbocycles. The van der Waals surface area contributed by atoms with Crippen molar-refractivity contribution in [2.75, 3.05) is 0 Å². The van der Waals surface area contributed by atoms with Crippen molar-refractivity contribution in [3.8, 4) is 0 Å². The zero-order valence-electron chi connectivity index (χ0n) is 14.9. The number of thioether (sulfide) groups is 1. The summed E-state index contributed by atoms with van der Waals surface area (Å²) < 4.78 is 4.55. The van der Waals surface area contributed by atoms with Crippen LogP contribution in [0.2, 0.25) is 4.34 Å². The Hall–Kier alpha value is -1.83. The molecular weight excluding hydrogens is 400 g/mol. The first-order valence-corrected chi connectivity index (χ1v) is 11.1. The molecule has 4 rings (SSSR count). The highest BCUT2D eigenvalue weighted by Gasteiger charge is 2.16. The number of nitrogens with zero attached hydrogens (tertiary/aromatic N) is 4. The van der Waals surface area contributed by atoms with Gasteiger partial charge in [-0.15, -0.1) is 21.5 Å². The van der Waals surface area contributed by atoms with Crippen LogP contribution in [0.25, 0.3) is 16.7 Å². The number of thiophene rings is 1. The average Bonchev–Trinajstić information content (AvgIpc) is 3.29. The lowest BCUT2D eigenvalue weighted by Gasteiger charge is -2.11. The molecule has 0 unspecified atom stereocenters. The maximum atomic E-state index is 13.0. The molecule has 8 heteroatoms. The average molecular weight is 419 g/mol. The number of aryl methyl sites for hydroxylation is 1. The number of benzene rings is 1. The van der Waals surface area contributed by atoms with E-state index in [4.69, 9.17) is 11.6 Å². The van der Waals surface area contributed by atoms with E-state index in [1.165, 1.54) is 4.88 Å². The zero-order valence-corrected chi connectivity index (χ0v) is 17.3. The summed E-state index contributed by atoms with van der Waals surface area (Å²) in [5, 5.41) is 10.2. The summed E-state index contributed by atoms with van der Waals surface area (Å²) in [5.74, 6) is 1.38. The number of unbranched alkanes of at least 4 members (excludes halogenated alkanes) is 2. The molecule has 4 aromatic rings. The predicted molar refractivity (Wildman–Crippen MR) is 113 cm³/mol. The van der Waals surface area contributed by atoms with E-state index < -0.39 is 0 Å². The molecule has 0 atom stereocenters. The quantitative estimate of drug-likeness (QED) is 0.304. The summed E-state index contributed by atoms with van der Waals surface area (Å²) >= 11 is 9.21. The highest BCUT2D eigenvalue weighted by Crippen LogP contribution is 2.29. The molecule has 3 heterocycles. The van der Waals surface area contributed by atoms with Gasteiger partial charge in [-0.1, -0.05) is 55.3 Å². The number of halogens is 1. The first kappa shape index (κ1) is 18.5. The van der Waals surface area contributed by atoms with Gasteiger partial charge in [0.15, 0.2) is 5.16 Å². The molecule has 0 fully saturated rings. The second-order valence-electron chi connectivity index (χ2n) is 6.29. The molecule has 0 aliphatic carbocycles. The minimum Gasteiger partial charge on any atom is -0.276 e. The fourth-order valence-electron chi connectivity index (χ4n) is 3.11. The number of hydrogen-bond acceptors (Lipinski definition) is 5. The van der Waals surface area contributed by atoms with Gasteiger partial charge < -0.3 is 0 Å². The van der Waals surface area contributed by atoms with Gasteiger partial charge in [0.25, 0.3) is 5.56 Å². The van der Waals surface area contributed by atoms with Crippen LogP contribution in [-0.4, -0.2) is 19.2 Å². The van der Waals surface area contributed by atoms with Crippen LogP contribution in [0.5, 0.6) is 0 Å². The van der Waals surface area contributed by atoms with Gasteiger partial charge in [-0.3, -0.25) is 13.8 Å². The Kier molecular flexibility index (Phi) is 5.52. The smallest absolute Gasteiger partial charge is 0.262 e. The van der Waals surface area contributed by atoms with E-state index in [0.29, 0.717) is 17.7 Å². The van der Waals surface area contributed by atoms with E-state index in [2.05, 4.69) is 17.1 Å². The summed E-state index contributed by atoms with van der Waals surface area (Å²) in [4.78, 5) is 14.2. The van der Waals surface area contributed by atoms with Crippen LogP contribution in [0.1, 0.15) is 31.1 Å². The van der Waals surface area contributed by atoms with Crippen LogP contribution in [0.4, 0.5) is 0 Å². The Balaban J connectivity index is 1.80. The Bertz CT molecular complexity index is 1150. The molecule has 0 aliphatic heterocycles. The molecule has 0 amide bonds. The molecule has 5 nitrogen and oxygen atoms in total. The number of hydrogen-bond donors (Lipinski definition) is 0. The van der Waals surface area contributed by atoms with Crippen LogP contribution in [-0.2, 0) is 12.3 Å². The largest absolute Gasteiger partial charge is 0.276 e. The van der Waals surface area contributed by atoms with E-state index in [1.54, 1.807) is 27.7 Å². The van der Waals surface area contributed by atoms with Crippen molar-refractivity contribution in [1.82, 2.24) is 19.2 Å². The van der Waals surface area contributed by atoms with Gasteiger partial charge in [0.05, 0.1) is 15.2 Å². The molecule has 0 aliphatic rings. The summed E-state index contributed by atoms with van der Waals surface area (Å²) in [6, 6.07) is 11.6. The van der Waals surface area contributed by atoms with Gasteiger partial charge in [0.2, 0.25) is 5.78 Å². The molecule has 0 N–H and O–H groups in total. The monoisotopic (exact) mass is 418 g/mol. The number of aromatic nitrogens is 4. The Morgan fingerprint density at radius 2 is 2.00 bits per heavy atom. The minimum absolute atomic E-state index is 0.00296. The Morgan fingerprint density at radius 1 is 1.15 bits per heavy atom. The van der Waals surface area contributed by atoms with Crippen LogP contribution >= 0.6 is 34.7 Å². The SMILES string of the molecule is CCCCCn1c(=O)c2ccccc2n2c(SCc3ccc(Cl)s3)nnc12. The fraction of sp³-hybridized carbons (Fsp3) is 0.316. The lowest BCUT2D eigenvalue weighted by Crippen LogP contribution is -2.23. The topological polar surface area (TPSA) is 52.2 Å². The van der Waals surface area contributed by atoms with Crippen LogP contribution < -0.4 is 5.56 Å². The molecule has 140 valence electrons. The number of para-hydroxylation sites is 1. The first-order chi connectivity index (χ1) is 13.2. The molecule has 0 radical (unpaired) electrons. The van der Waals surface area contributed by atoms with Crippen molar-refractivity contribution in [2.24, 2.45) is 0 Å². The van der Waals surface area contributed by atoms with Gasteiger partial charge in [-0.25, -0.2) is 0 Å². The third-order valence-corrected chi connectivity index (χ3v) is 6.83. The van der Waals surface area contributed by atoms with Crippen molar-refractivity contribution < 1.29 is 0 Å². The molecule has 3 aromatic heterocycles. The summed E-state index contributed by atoms with van der Waals surface area (Å²) in [5.41, 5.74) is 0.851. The minimum atomic E-state index is 0.00296. The maximum absolute atomic E-state index is 13.0. The maximum Gasteiger partial charge on any atom is 0.262 e. The molecule has 0 spiro atoms. The van der Waals surface area contributed by atoms with E-state index in [9.17, 15) is 4.79 Å². The van der Waals surface area contributed by atoms with Crippen LogP contribution in [0.15, 0.2) is 46.3 Å². The second kappa shape index (κ2) is 8.04. The lowest BCUT2D eigenvalue weighted by atomic mass is 10.2. The summed E-state index contributed by atoms with van der Waals surface area (Å²) in [6.45, 7) is 2.81. The van der Waals surface area contributed by atoms with Gasteiger partial charge in [0.1, 0.15) is 0 Å². The van der Waals surface area contributed by atoms with E-state index in [0.717, 1.165) is 40.0 Å². The van der Waals surface area contributed by atoms with Gasteiger partial charge in [0, 0.05) is 17.2 Å². The standard InChI is InChI=1S/C19H19ClN4OS2/c1-2-3-6-11-23-17(25)14-7-4-5-8-15(14)24-18(23)21-22-19(24)26-12-13-9-10-16(20)27-13/h4-5,7-10H,2-3,6,11-12H2,1H3. The molecule has 27 heavy (non-hydrogen) atoms. The van der Waals surface area contributed by atoms with Crippen molar-refractivity contribution in [3.63, 3.8) is 0 Å². The highest BCUT2D eigenvalue weighted by atomic mass is 35.5. The van der Waals surface area contributed by atoms with Crippen molar-refractivity contribution in [3.05, 3.63) is 56.0 Å². The molecule has 0 bridgehead atoms. The van der Waals surface area contributed by atoms with E-state index in [-0.39, 0.29) is 5.56 Å². The van der Waals surface area contributed by atoms with Gasteiger partial charge in [-0.05, 0) is 30.7 Å². The fourth-order valence-corrected chi connectivity index (χ4v) is 5.18. The predicted octanol–water partition coefficient (Wildman–Crippen LogP) is 5.24. The third-order valence-electron chi connectivity index (χ3n) is 4.44. The first-order valence-electron chi connectivity index (χ1n) is 8.92. The molecule has 0 saturated carbocycles. The Labute approximate surface area is 170 Å². The summed E-state index contributed by atoms with van der Waals surface area (Å²) in [7, 11) is 0. The number of fused-ring (bicyclic) bond motifs is 3. The second-order valence-corrected chi connectivity index (χ2v) is 9.04. The molecular formula is C19H19ClN4OS2. The van der Waals surface area contributed by atoms with Crippen molar-refractivity contribution in [1.29, 1.82) is 0 Å². The van der Waals surface area contributed by atoms with Crippen LogP contribution in [0, 0.1) is 0 Å². The van der Waals surface area contributed by atoms with Crippen molar-refractivity contribution in [2.45, 2.75) is 43.6 Å². The zero-order chi connectivity index (χ0) is 18.8. The van der Waals surface area contributed by atoms with Crippen molar-refractivity contribution >= 4 is 51.4 Å². The highest BCUT2D eigenvalue weighted by molar-refractivity contribution is 7.98. The van der Waals surface area contributed by atoms with Gasteiger partial charge >= 0.3 is 0 Å². The van der Waals surface area contributed by atoms with E-state index >= 15 is 0 Å². The summed E-state index contributed by atoms with van der Waals surface area (Å²) in [6.07, 6.45) is 3.14. The number of rotatable bonds is 7. The Morgan fingerprint density at radius 3 is 2.78 bits per heavy atom. The van der Waals surface area contributed by atoms with E-state index in [1.807, 2.05) is 40.8 Å². The lowest BCUT2D eigenvalue weighted by molar-refractivity contribution is 0.594. The normalized spacial score (nSPS) is 11.6. The molecule has 0 saturated heterocycles. The van der Waals surface area contributed by atoms with Gasteiger partial charge in [-0.2, -0.15) is 0 Å². The van der Waals surface area contributed by atoms with Crippen LogP contribution in [0.3, 0.4) is 0 Å².